The zero-order valence-corrected chi connectivity index (χ0v) is 20.6. The molecule has 36 heavy (non-hydrogen) atoms. The second-order valence-electron chi connectivity index (χ2n) is 9.40. The first-order valence-corrected chi connectivity index (χ1v) is 12.4. The van der Waals surface area contributed by atoms with Crippen molar-refractivity contribution in [2.45, 2.75) is 38.8 Å². The normalized spacial score (nSPS) is 19.3. The van der Waals surface area contributed by atoms with Gasteiger partial charge in [-0.1, -0.05) is 41.1 Å². The van der Waals surface area contributed by atoms with Crippen LogP contribution in [0.1, 0.15) is 47.6 Å². The quantitative estimate of drug-likeness (QED) is 0.564. The minimum absolute atomic E-state index is 0.0463. The fourth-order valence-electron chi connectivity index (χ4n) is 4.61. The summed E-state index contributed by atoms with van der Waals surface area (Å²) >= 11 is 0. The van der Waals surface area contributed by atoms with Crippen molar-refractivity contribution in [2.75, 3.05) is 38.1 Å². The Bertz CT molecular complexity index is 1210. The van der Waals surface area contributed by atoms with E-state index < -0.39 is 6.10 Å². The Morgan fingerprint density at radius 2 is 1.86 bits per heavy atom. The predicted molar refractivity (Wildman–Crippen MR) is 134 cm³/mol. The van der Waals surface area contributed by atoms with Crippen molar-refractivity contribution in [3.8, 4) is 11.4 Å². The Hall–Kier alpha value is -3.56. The van der Waals surface area contributed by atoms with E-state index in [-0.39, 0.29) is 17.9 Å². The Morgan fingerprint density at radius 3 is 2.58 bits per heavy atom. The Balaban J connectivity index is 1.17. The van der Waals surface area contributed by atoms with E-state index in [2.05, 4.69) is 20.4 Å². The van der Waals surface area contributed by atoms with Gasteiger partial charge in [-0.05, 0) is 44.9 Å². The van der Waals surface area contributed by atoms with E-state index in [0.717, 1.165) is 18.4 Å². The van der Waals surface area contributed by atoms with Crippen molar-refractivity contribution in [1.82, 2.24) is 19.9 Å². The van der Waals surface area contributed by atoms with Crippen molar-refractivity contribution in [3.05, 3.63) is 65.5 Å². The highest BCUT2D eigenvalue weighted by Gasteiger charge is 2.29. The summed E-state index contributed by atoms with van der Waals surface area (Å²) in [4.78, 5) is 34.2. The van der Waals surface area contributed by atoms with E-state index in [1.165, 1.54) is 5.56 Å². The summed E-state index contributed by atoms with van der Waals surface area (Å²) in [5.41, 5.74) is 3.27. The van der Waals surface area contributed by atoms with Crippen molar-refractivity contribution in [1.29, 1.82) is 0 Å². The van der Waals surface area contributed by atoms with Gasteiger partial charge in [0.25, 0.3) is 11.8 Å². The molecule has 2 unspecified atom stereocenters. The molecule has 0 radical (unpaired) electrons. The number of piperazine rings is 1. The summed E-state index contributed by atoms with van der Waals surface area (Å²) in [5, 5.41) is 7.03. The van der Waals surface area contributed by atoms with Gasteiger partial charge in [0.05, 0.1) is 6.04 Å². The van der Waals surface area contributed by atoms with Crippen LogP contribution in [-0.2, 0) is 9.53 Å². The number of rotatable bonds is 6. The molecule has 2 saturated heterocycles. The molecule has 0 spiro atoms. The largest absolute Gasteiger partial charge is 0.368 e. The lowest BCUT2D eigenvalue weighted by molar-refractivity contribution is -0.124. The van der Waals surface area contributed by atoms with Gasteiger partial charge in [0.1, 0.15) is 6.10 Å². The van der Waals surface area contributed by atoms with Gasteiger partial charge in [0, 0.05) is 49.6 Å². The van der Waals surface area contributed by atoms with E-state index in [9.17, 15) is 9.59 Å². The molecule has 9 nitrogen and oxygen atoms in total. The summed E-state index contributed by atoms with van der Waals surface area (Å²) in [5.74, 6) is 0.943. The lowest BCUT2D eigenvalue weighted by atomic mass is 10.1. The molecular weight excluding hydrogens is 458 g/mol. The SMILES string of the molecule is Cc1ccc(-c2noc(C(C)N3CCN(C(=O)c4cccc(NC(=O)C5CCCO5)c4)CC3)n2)cc1. The van der Waals surface area contributed by atoms with E-state index in [1.54, 1.807) is 24.3 Å². The van der Waals surface area contributed by atoms with Crippen molar-refractivity contribution in [2.24, 2.45) is 0 Å². The molecule has 2 aliphatic rings. The average Bonchev–Trinajstić information content (AvgIpc) is 3.62. The number of benzene rings is 2. The number of nitrogens with zero attached hydrogens (tertiary/aromatic N) is 4. The number of hydrogen-bond acceptors (Lipinski definition) is 7. The second kappa shape index (κ2) is 10.6. The minimum atomic E-state index is -0.411. The fraction of sp³-hybridized carbons (Fsp3) is 0.407. The molecule has 5 rings (SSSR count). The summed E-state index contributed by atoms with van der Waals surface area (Å²) in [6.07, 6.45) is 1.21. The van der Waals surface area contributed by atoms with Gasteiger partial charge in [0.15, 0.2) is 0 Å². The van der Waals surface area contributed by atoms with Gasteiger partial charge < -0.3 is 19.5 Å². The number of hydrogen-bond donors (Lipinski definition) is 1. The summed E-state index contributed by atoms with van der Waals surface area (Å²) < 4.78 is 11.0. The van der Waals surface area contributed by atoms with E-state index in [0.29, 0.717) is 55.8 Å². The molecule has 1 N–H and O–H groups in total. The number of nitrogens with one attached hydrogen (secondary N) is 1. The Labute approximate surface area is 210 Å². The first-order chi connectivity index (χ1) is 17.5. The third-order valence-corrected chi connectivity index (χ3v) is 6.86. The van der Waals surface area contributed by atoms with Crippen molar-refractivity contribution < 1.29 is 18.8 Å². The lowest BCUT2D eigenvalue weighted by Crippen LogP contribution is -2.49. The fourth-order valence-corrected chi connectivity index (χ4v) is 4.61. The van der Waals surface area contributed by atoms with Gasteiger partial charge >= 0.3 is 0 Å². The third-order valence-electron chi connectivity index (χ3n) is 6.86. The molecule has 2 fully saturated rings. The summed E-state index contributed by atoms with van der Waals surface area (Å²) in [6, 6.07) is 15.1. The number of carbonyl (C=O) groups excluding carboxylic acids is 2. The number of aryl methyl sites for hydroxylation is 1. The second-order valence-corrected chi connectivity index (χ2v) is 9.40. The van der Waals surface area contributed by atoms with Gasteiger partial charge in [-0.2, -0.15) is 4.98 Å². The van der Waals surface area contributed by atoms with Gasteiger partial charge in [-0.3, -0.25) is 14.5 Å². The molecule has 3 aromatic rings. The number of ether oxygens (including phenoxy) is 1. The molecule has 0 saturated carbocycles. The molecule has 2 aromatic carbocycles. The molecule has 3 heterocycles. The predicted octanol–water partition coefficient (Wildman–Crippen LogP) is 3.68. The molecule has 0 bridgehead atoms. The number of amides is 2. The van der Waals surface area contributed by atoms with Crippen LogP contribution >= 0.6 is 0 Å². The smallest absolute Gasteiger partial charge is 0.254 e. The topological polar surface area (TPSA) is 101 Å². The first kappa shape index (κ1) is 24.1. The maximum absolute atomic E-state index is 13.2. The molecule has 9 heteroatoms. The molecular formula is C27H31N5O4. The molecule has 2 aliphatic heterocycles. The maximum atomic E-state index is 13.2. The maximum Gasteiger partial charge on any atom is 0.254 e. The zero-order chi connectivity index (χ0) is 25.1. The molecule has 0 aliphatic carbocycles. The Morgan fingerprint density at radius 1 is 1.08 bits per heavy atom. The highest BCUT2D eigenvalue weighted by molar-refractivity contribution is 5.98. The summed E-state index contributed by atoms with van der Waals surface area (Å²) in [6.45, 7) is 7.28. The minimum Gasteiger partial charge on any atom is -0.368 e. The van der Waals surface area contributed by atoms with Crippen LogP contribution in [0, 0.1) is 6.92 Å². The monoisotopic (exact) mass is 489 g/mol. The number of aromatic nitrogens is 2. The zero-order valence-electron chi connectivity index (χ0n) is 20.6. The molecule has 188 valence electrons. The van der Waals surface area contributed by atoms with Gasteiger partial charge in [-0.15, -0.1) is 0 Å². The first-order valence-electron chi connectivity index (χ1n) is 12.4. The standard InChI is InChI=1S/C27H31N5O4/c1-18-8-10-20(11-9-18)24-29-26(36-30-24)19(2)31-12-14-32(15-13-31)27(34)21-5-3-6-22(17-21)28-25(33)23-7-4-16-35-23/h3,5-6,8-11,17,19,23H,4,7,12-16H2,1-2H3,(H,28,33). The van der Waals surface area contributed by atoms with Crippen molar-refractivity contribution >= 4 is 17.5 Å². The third kappa shape index (κ3) is 5.32. The highest BCUT2D eigenvalue weighted by atomic mass is 16.5. The van der Waals surface area contributed by atoms with Gasteiger partial charge in [0.2, 0.25) is 11.7 Å². The van der Waals surface area contributed by atoms with Crippen LogP contribution in [0.3, 0.4) is 0 Å². The lowest BCUT2D eigenvalue weighted by Gasteiger charge is -2.36. The Kier molecular flexibility index (Phi) is 7.11. The van der Waals surface area contributed by atoms with Crippen LogP contribution in [0.2, 0.25) is 0 Å². The van der Waals surface area contributed by atoms with Crippen molar-refractivity contribution in [3.63, 3.8) is 0 Å². The van der Waals surface area contributed by atoms with E-state index >= 15 is 0 Å². The number of anilines is 1. The van der Waals surface area contributed by atoms with Crippen LogP contribution in [0.25, 0.3) is 11.4 Å². The summed E-state index contributed by atoms with van der Waals surface area (Å²) in [7, 11) is 0. The van der Waals surface area contributed by atoms with Crippen LogP contribution in [0.15, 0.2) is 53.1 Å². The molecule has 2 amide bonds. The molecule has 2 atom stereocenters. The van der Waals surface area contributed by atoms with E-state index in [1.807, 2.05) is 43.0 Å². The van der Waals surface area contributed by atoms with Crippen LogP contribution in [0.5, 0.6) is 0 Å². The van der Waals surface area contributed by atoms with Crippen LogP contribution in [-0.4, -0.2) is 70.6 Å². The van der Waals surface area contributed by atoms with Gasteiger partial charge in [-0.25, -0.2) is 0 Å². The molecule has 1 aromatic heterocycles. The number of carbonyl (C=O) groups is 2. The van der Waals surface area contributed by atoms with Crippen LogP contribution in [0.4, 0.5) is 5.69 Å². The highest BCUT2D eigenvalue weighted by Crippen LogP contribution is 2.24. The average molecular weight is 490 g/mol. The van der Waals surface area contributed by atoms with E-state index in [4.69, 9.17) is 9.26 Å². The van der Waals surface area contributed by atoms with Crippen LogP contribution < -0.4 is 5.32 Å².